The average Bonchev–Trinajstić information content (AvgIpc) is 2.31. The van der Waals surface area contributed by atoms with Crippen molar-refractivity contribution in [3.05, 3.63) is 28.2 Å². The molecule has 0 bridgehead atoms. The summed E-state index contributed by atoms with van der Waals surface area (Å²) in [6.45, 7) is 6.43. The normalized spacial score (nSPS) is 11.0. The number of amides is 1. The van der Waals surface area contributed by atoms with E-state index in [4.69, 9.17) is 5.11 Å². The van der Waals surface area contributed by atoms with Crippen LogP contribution in [0.2, 0.25) is 0 Å². The van der Waals surface area contributed by atoms with Crippen LogP contribution in [0.5, 0.6) is 0 Å². The lowest BCUT2D eigenvalue weighted by molar-refractivity contribution is -0.138. The van der Waals surface area contributed by atoms with Crippen LogP contribution >= 0.6 is 15.9 Å². The summed E-state index contributed by atoms with van der Waals surface area (Å²) >= 11 is 3.40. The topological polar surface area (TPSA) is 69.6 Å². The molecule has 5 nitrogen and oxygen atoms in total. The second-order valence-corrected chi connectivity index (χ2v) is 6.32. The van der Waals surface area contributed by atoms with Crippen molar-refractivity contribution in [2.45, 2.75) is 20.8 Å². The molecule has 1 rings (SSSR count). The first kappa shape index (κ1) is 17.7. The summed E-state index contributed by atoms with van der Waals surface area (Å²) in [4.78, 5) is 24.5. The van der Waals surface area contributed by atoms with Gasteiger partial charge in [0.05, 0.1) is 13.1 Å². The zero-order valence-electron chi connectivity index (χ0n) is 12.5. The number of benzene rings is 1. The van der Waals surface area contributed by atoms with Crippen molar-refractivity contribution in [3.63, 3.8) is 0 Å². The van der Waals surface area contributed by atoms with Crippen LogP contribution in [0.3, 0.4) is 0 Å². The number of aryl methyl sites for hydroxylation is 1. The van der Waals surface area contributed by atoms with Crippen LogP contribution in [0.1, 0.15) is 19.4 Å². The van der Waals surface area contributed by atoms with Crippen molar-refractivity contribution in [3.8, 4) is 0 Å². The van der Waals surface area contributed by atoms with Gasteiger partial charge in [-0.05, 0) is 36.6 Å². The van der Waals surface area contributed by atoms with Crippen molar-refractivity contribution >= 4 is 33.5 Å². The van der Waals surface area contributed by atoms with Gasteiger partial charge in [0.2, 0.25) is 5.91 Å². The number of carbonyl (C=O) groups is 2. The molecule has 0 atom stereocenters. The highest BCUT2D eigenvalue weighted by Crippen LogP contribution is 2.19. The van der Waals surface area contributed by atoms with Gasteiger partial charge in [-0.2, -0.15) is 0 Å². The maximum absolute atomic E-state index is 12.0. The van der Waals surface area contributed by atoms with Gasteiger partial charge in [0.25, 0.3) is 0 Å². The average molecular weight is 357 g/mol. The molecule has 0 fully saturated rings. The molecule has 0 aromatic heterocycles. The van der Waals surface area contributed by atoms with Crippen LogP contribution < -0.4 is 5.32 Å². The fourth-order valence-corrected chi connectivity index (χ4v) is 2.27. The Bertz CT molecular complexity index is 518. The van der Waals surface area contributed by atoms with Gasteiger partial charge < -0.3 is 10.4 Å². The summed E-state index contributed by atoms with van der Waals surface area (Å²) < 4.78 is 0.979. The number of hydrogen-bond acceptors (Lipinski definition) is 3. The molecule has 2 N–H and O–H groups in total. The minimum atomic E-state index is -0.928. The van der Waals surface area contributed by atoms with E-state index in [9.17, 15) is 9.59 Å². The maximum atomic E-state index is 12.0. The van der Waals surface area contributed by atoms with E-state index >= 15 is 0 Å². The van der Waals surface area contributed by atoms with E-state index in [0.717, 1.165) is 10.0 Å². The fraction of sp³-hybridized carbons (Fsp3) is 0.467. The summed E-state index contributed by atoms with van der Waals surface area (Å²) in [5.41, 5.74) is 1.73. The summed E-state index contributed by atoms with van der Waals surface area (Å²) in [6.07, 6.45) is 0. The second kappa shape index (κ2) is 8.14. The molecule has 0 aliphatic rings. The van der Waals surface area contributed by atoms with Gasteiger partial charge in [-0.1, -0.05) is 29.8 Å². The van der Waals surface area contributed by atoms with Crippen LogP contribution in [0.4, 0.5) is 5.69 Å². The number of nitrogens with one attached hydrogen (secondary N) is 1. The zero-order chi connectivity index (χ0) is 16.0. The minimum Gasteiger partial charge on any atom is -0.480 e. The molecule has 1 amide bonds. The second-order valence-electron chi connectivity index (χ2n) is 5.47. The van der Waals surface area contributed by atoms with Crippen molar-refractivity contribution in [2.24, 2.45) is 5.92 Å². The number of rotatable bonds is 7. The largest absolute Gasteiger partial charge is 0.480 e. The number of carbonyl (C=O) groups excluding carboxylic acids is 1. The molecule has 0 saturated carbocycles. The summed E-state index contributed by atoms with van der Waals surface area (Å²) in [7, 11) is 0. The Labute approximate surface area is 133 Å². The van der Waals surface area contributed by atoms with E-state index in [2.05, 4.69) is 21.2 Å². The summed E-state index contributed by atoms with van der Waals surface area (Å²) in [5.74, 6) is -0.839. The number of hydrogen-bond donors (Lipinski definition) is 2. The lowest BCUT2D eigenvalue weighted by Gasteiger charge is -2.21. The lowest BCUT2D eigenvalue weighted by atomic mass is 10.2. The molecule has 116 valence electrons. The molecule has 21 heavy (non-hydrogen) atoms. The highest BCUT2D eigenvalue weighted by Gasteiger charge is 2.15. The van der Waals surface area contributed by atoms with Gasteiger partial charge in [-0.3, -0.25) is 14.5 Å². The molecule has 0 unspecified atom stereocenters. The quantitative estimate of drug-likeness (QED) is 0.787. The Morgan fingerprint density at radius 2 is 2.00 bits per heavy atom. The SMILES string of the molecule is Cc1cc(NC(=O)CN(CC(=O)O)CC(C)C)ccc1Br. The van der Waals surface area contributed by atoms with Crippen molar-refractivity contribution in [1.29, 1.82) is 0 Å². The molecule has 6 heteroatoms. The molecular weight excluding hydrogens is 336 g/mol. The Kier molecular flexibility index (Phi) is 6.84. The van der Waals surface area contributed by atoms with E-state index in [1.165, 1.54) is 0 Å². The Morgan fingerprint density at radius 1 is 1.33 bits per heavy atom. The van der Waals surface area contributed by atoms with Crippen molar-refractivity contribution in [2.75, 3.05) is 25.0 Å². The van der Waals surface area contributed by atoms with Crippen LogP contribution in [-0.2, 0) is 9.59 Å². The molecule has 0 radical (unpaired) electrons. The van der Waals surface area contributed by atoms with Gasteiger partial charge in [-0.15, -0.1) is 0 Å². The first-order valence-corrected chi connectivity index (χ1v) is 7.57. The number of carboxylic acids is 1. The summed E-state index contributed by atoms with van der Waals surface area (Å²) in [5, 5.41) is 11.7. The van der Waals surface area contributed by atoms with Crippen molar-refractivity contribution < 1.29 is 14.7 Å². The van der Waals surface area contributed by atoms with E-state index in [1.54, 1.807) is 11.0 Å². The number of anilines is 1. The number of carboxylic acid groups (broad SMARTS) is 1. The van der Waals surface area contributed by atoms with E-state index in [1.807, 2.05) is 32.9 Å². The van der Waals surface area contributed by atoms with Crippen LogP contribution in [0, 0.1) is 12.8 Å². The van der Waals surface area contributed by atoms with E-state index in [-0.39, 0.29) is 19.0 Å². The predicted octanol–water partition coefficient (Wildman–Crippen LogP) is 2.74. The monoisotopic (exact) mass is 356 g/mol. The molecule has 0 aliphatic heterocycles. The number of halogens is 1. The standard InChI is InChI=1S/C15H21BrN2O3/c1-10(2)7-18(9-15(20)21)8-14(19)17-12-4-5-13(16)11(3)6-12/h4-6,10H,7-9H2,1-3H3,(H,17,19)(H,20,21). The molecule has 0 spiro atoms. The molecule has 0 aliphatic carbocycles. The molecule has 0 saturated heterocycles. The molecular formula is C15H21BrN2O3. The van der Waals surface area contributed by atoms with Gasteiger partial charge in [-0.25, -0.2) is 0 Å². The minimum absolute atomic E-state index is 0.0690. The van der Waals surface area contributed by atoms with E-state index < -0.39 is 5.97 Å². The van der Waals surface area contributed by atoms with Gasteiger partial charge >= 0.3 is 5.97 Å². The first-order chi connectivity index (χ1) is 9.77. The van der Waals surface area contributed by atoms with E-state index in [0.29, 0.717) is 18.2 Å². The fourth-order valence-electron chi connectivity index (χ4n) is 2.02. The van der Waals surface area contributed by atoms with Crippen LogP contribution in [0.15, 0.2) is 22.7 Å². The van der Waals surface area contributed by atoms with Gasteiger partial charge in [0.15, 0.2) is 0 Å². The predicted molar refractivity (Wildman–Crippen MR) is 86.4 cm³/mol. The Balaban J connectivity index is 2.64. The third-order valence-electron chi connectivity index (χ3n) is 2.79. The zero-order valence-corrected chi connectivity index (χ0v) is 14.1. The third-order valence-corrected chi connectivity index (χ3v) is 3.68. The highest BCUT2D eigenvalue weighted by molar-refractivity contribution is 9.10. The third kappa shape index (κ3) is 6.73. The van der Waals surface area contributed by atoms with Crippen molar-refractivity contribution in [1.82, 2.24) is 4.90 Å². The Morgan fingerprint density at radius 3 is 2.52 bits per heavy atom. The lowest BCUT2D eigenvalue weighted by Crippen LogP contribution is -2.39. The Hall–Kier alpha value is -1.40. The maximum Gasteiger partial charge on any atom is 0.317 e. The first-order valence-electron chi connectivity index (χ1n) is 6.78. The molecule has 1 aromatic carbocycles. The van der Waals surface area contributed by atoms with Gasteiger partial charge in [0.1, 0.15) is 0 Å². The van der Waals surface area contributed by atoms with Gasteiger partial charge in [0, 0.05) is 16.7 Å². The van der Waals surface area contributed by atoms with Crippen LogP contribution in [-0.4, -0.2) is 41.5 Å². The number of aliphatic carboxylic acids is 1. The molecule has 0 heterocycles. The highest BCUT2D eigenvalue weighted by atomic mass is 79.9. The number of nitrogens with zero attached hydrogens (tertiary/aromatic N) is 1. The van der Waals surface area contributed by atoms with Crippen LogP contribution in [0.25, 0.3) is 0 Å². The summed E-state index contributed by atoms with van der Waals surface area (Å²) in [6, 6.07) is 5.54. The molecule has 1 aromatic rings. The smallest absolute Gasteiger partial charge is 0.317 e.